The van der Waals surface area contributed by atoms with Crippen molar-refractivity contribution in [1.82, 2.24) is 9.80 Å². The van der Waals surface area contributed by atoms with Gasteiger partial charge in [0, 0.05) is 50.6 Å². The first-order chi connectivity index (χ1) is 9.31. The van der Waals surface area contributed by atoms with Crippen LogP contribution in [0.5, 0.6) is 0 Å². The maximum atomic E-state index is 12.1. The van der Waals surface area contributed by atoms with E-state index >= 15 is 0 Å². The maximum absolute atomic E-state index is 12.1. The third-order valence-corrected chi connectivity index (χ3v) is 6.93. The van der Waals surface area contributed by atoms with E-state index in [0.717, 1.165) is 45.4 Å². The molecule has 1 heterocycles. The van der Waals surface area contributed by atoms with E-state index in [1.807, 2.05) is 0 Å². The third-order valence-electron chi connectivity index (χ3n) is 5.22. The number of sulfone groups is 1. The minimum absolute atomic E-state index is 0.286. The summed E-state index contributed by atoms with van der Waals surface area (Å²) in [4.78, 5) is 4.82. The molecule has 0 aromatic heterocycles. The quantitative estimate of drug-likeness (QED) is 0.809. The van der Waals surface area contributed by atoms with Gasteiger partial charge in [-0.15, -0.1) is 0 Å². The Bertz CT molecular complexity index is 430. The summed E-state index contributed by atoms with van der Waals surface area (Å²) >= 11 is 0. The molecule has 2 fully saturated rings. The Balaban J connectivity index is 2.16. The van der Waals surface area contributed by atoms with E-state index in [9.17, 15) is 8.42 Å². The standard InChI is InChI=1S/C14H29N3O2S/c1-12(2)16-7-9-17(10-8-16)14(11-15)6-4-5-13(14)20(3,18)19/h12-13H,4-11,15H2,1-3H3. The zero-order chi connectivity index (χ0) is 15.0. The maximum Gasteiger partial charge on any atom is 0.152 e. The van der Waals surface area contributed by atoms with Gasteiger partial charge in [-0.1, -0.05) is 6.42 Å². The van der Waals surface area contributed by atoms with Crippen LogP contribution < -0.4 is 5.73 Å². The van der Waals surface area contributed by atoms with Crippen LogP contribution in [-0.2, 0) is 9.84 Å². The number of nitrogens with two attached hydrogens (primary N) is 1. The van der Waals surface area contributed by atoms with E-state index in [1.54, 1.807) is 0 Å². The summed E-state index contributed by atoms with van der Waals surface area (Å²) in [7, 11) is -3.04. The number of nitrogens with zero attached hydrogens (tertiary/aromatic N) is 2. The Kier molecular flexibility index (Phi) is 4.79. The van der Waals surface area contributed by atoms with Gasteiger partial charge in [0.1, 0.15) is 0 Å². The molecule has 2 aliphatic rings. The van der Waals surface area contributed by atoms with Crippen LogP contribution in [0.4, 0.5) is 0 Å². The molecule has 2 unspecified atom stereocenters. The molecule has 0 radical (unpaired) electrons. The van der Waals surface area contributed by atoms with Crippen LogP contribution in [0.3, 0.4) is 0 Å². The van der Waals surface area contributed by atoms with Gasteiger partial charge in [-0.3, -0.25) is 9.80 Å². The molecule has 2 atom stereocenters. The zero-order valence-electron chi connectivity index (χ0n) is 13.0. The molecule has 2 N–H and O–H groups in total. The molecule has 0 aromatic carbocycles. The monoisotopic (exact) mass is 303 g/mol. The Labute approximate surface area is 123 Å². The molecule has 20 heavy (non-hydrogen) atoms. The SMILES string of the molecule is CC(C)N1CCN(C2(CN)CCCC2S(C)(=O)=O)CC1. The summed E-state index contributed by atoms with van der Waals surface area (Å²) in [5, 5.41) is -0.286. The lowest BCUT2D eigenvalue weighted by atomic mass is 9.93. The minimum Gasteiger partial charge on any atom is -0.329 e. The Hall–Kier alpha value is -0.170. The average Bonchev–Trinajstić information content (AvgIpc) is 2.84. The van der Waals surface area contributed by atoms with Crippen molar-refractivity contribution >= 4 is 9.84 Å². The minimum atomic E-state index is -3.04. The molecule has 1 aliphatic heterocycles. The van der Waals surface area contributed by atoms with Crippen molar-refractivity contribution in [2.24, 2.45) is 5.73 Å². The number of piperazine rings is 1. The summed E-state index contributed by atoms with van der Waals surface area (Å²) in [6.45, 7) is 8.76. The fourth-order valence-corrected chi connectivity index (χ4v) is 5.80. The van der Waals surface area contributed by atoms with E-state index in [1.165, 1.54) is 6.26 Å². The number of hydrogen-bond acceptors (Lipinski definition) is 5. The average molecular weight is 303 g/mol. The summed E-state index contributed by atoms with van der Waals surface area (Å²) in [6.07, 6.45) is 4.03. The zero-order valence-corrected chi connectivity index (χ0v) is 13.8. The van der Waals surface area contributed by atoms with Gasteiger partial charge in [0.05, 0.1) is 5.25 Å². The second-order valence-corrected chi connectivity index (χ2v) is 8.86. The van der Waals surface area contributed by atoms with Crippen molar-refractivity contribution in [3.8, 4) is 0 Å². The van der Waals surface area contributed by atoms with Gasteiger partial charge in [0.25, 0.3) is 0 Å². The van der Waals surface area contributed by atoms with Crippen LogP contribution in [0.1, 0.15) is 33.1 Å². The molecule has 0 spiro atoms. The second-order valence-electron chi connectivity index (χ2n) is 6.63. The molecule has 1 aliphatic carbocycles. The highest BCUT2D eigenvalue weighted by Crippen LogP contribution is 2.39. The fourth-order valence-electron chi connectivity index (χ4n) is 4.04. The third kappa shape index (κ3) is 2.89. The predicted octanol–water partition coefficient (Wildman–Crippen LogP) is 0.307. The number of hydrogen-bond donors (Lipinski definition) is 1. The Morgan fingerprint density at radius 3 is 2.30 bits per heavy atom. The van der Waals surface area contributed by atoms with Crippen LogP contribution in [-0.4, -0.2) is 74.0 Å². The van der Waals surface area contributed by atoms with Gasteiger partial charge >= 0.3 is 0 Å². The molecule has 5 nitrogen and oxygen atoms in total. The largest absolute Gasteiger partial charge is 0.329 e. The summed E-state index contributed by atoms with van der Waals surface area (Å²) in [6, 6.07) is 0.556. The highest BCUT2D eigenvalue weighted by Gasteiger charge is 2.51. The van der Waals surface area contributed by atoms with Crippen molar-refractivity contribution in [3.63, 3.8) is 0 Å². The van der Waals surface area contributed by atoms with Crippen LogP contribution in [0.2, 0.25) is 0 Å². The van der Waals surface area contributed by atoms with Crippen molar-refractivity contribution in [2.45, 2.75) is 49.9 Å². The molecular formula is C14H29N3O2S. The first-order valence-corrected chi connectivity index (χ1v) is 9.65. The van der Waals surface area contributed by atoms with Gasteiger partial charge in [0.2, 0.25) is 0 Å². The molecule has 0 aromatic rings. The summed E-state index contributed by atoms with van der Waals surface area (Å²) < 4.78 is 24.3. The second kappa shape index (κ2) is 5.91. The predicted molar refractivity (Wildman–Crippen MR) is 82.6 cm³/mol. The van der Waals surface area contributed by atoms with Gasteiger partial charge in [-0.2, -0.15) is 0 Å². The van der Waals surface area contributed by atoms with Crippen molar-refractivity contribution in [3.05, 3.63) is 0 Å². The highest BCUT2D eigenvalue weighted by molar-refractivity contribution is 7.91. The van der Waals surface area contributed by atoms with Gasteiger partial charge in [-0.05, 0) is 26.7 Å². The molecule has 6 heteroatoms. The van der Waals surface area contributed by atoms with Crippen molar-refractivity contribution < 1.29 is 8.42 Å². The Morgan fingerprint density at radius 2 is 1.85 bits per heavy atom. The molecule has 2 rings (SSSR count). The van der Waals surface area contributed by atoms with E-state index < -0.39 is 9.84 Å². The fraction of sp³-hybridized carbons (Fsp3) is 1.00. The first kappa shape index (κ1) is 16.2. The van der Waals surface area contributed by atoms with Crippen LogP contribution in [0.15, 0.2) is 0 Å². The van der Waals surface area contributed by atoms with Gasteiger partial charge in [0.15, 0.2) is 9.84 Å². The molecule has 1 saturated carbocycles. The van der Waals surface area contributed by atoms with E-state index in [2.05, 4.69) is 23.6 Å². The number of rotatable bonds is 4. The van der Waals surface area contributed by atoms with E-state index in [0.29, 0.717) is 12.6 Å². The van der Waals surface area contributed by atoms with Crippen LogP contribution >= 0.6 is 0 Å². The normalized spacial score (nSPS) is 34.0. The molecule has 0 amide bonds. The van der Waals surface area contributed by atoms with Gasteiger partial charge in [-0.25, -0.2) is 8.42 Å². The Morgan fingerprint density at radius 1 is 1.25 bits per heavy atom. The first-order valence-electron chi connectivity index (χ1n) is 7.69. The summed E-state index contributed by atoms with van der Waals surface area (Å²) in [5.74, 6) is 0. The lowest BCUT2D eigenvalue weighted by molar-refractivity contribution is 0.0307. The molecule has 118 valence electrons. The lowest BCUT2D eigenvalue weighted by Gasteiger charge is -2.48. The molecular weight excluding hydrogens is 274 g/mol. The van der Waals surface area contributed by atoms with Crippen LogP contribution in [0.25, 0.3) is 0 Å². The molecule has 1 saturated heterocycles. The van der Waals surface area contributed by atoms with E-state index in [-0.39, 0.29) is 10.8 Å². The topological polar surface area (TPSA) is 66.6 Å². The summed E-state index contributed by atoms with van der Waals surface area (Å²) in [5.41, 5.74) is 5.74. The van der Waals surface area contributed by atoms with Crippen molar-refractivity contribution in [1.29, 1.82) is 0 Å². The van der Waals surface area contributed by atoms with Crippen molar-refractivity contribution in [2.75, 3.05) is 39.0 Å². The smallest absolute Gasteiger partial charge is 0.152 e. The van der Waals surface area contributed by atoms with Gasteiger partial charge < -0.3 is 5.73 Å². The lowest BCUT2D eigenvalue weighted by Crippen LogP contribution is -2.65. The molecule has 0 bridgehead atoms. The highest BCUT2D eigenvalue weighted by atomic mass is 32.2. The van der Waals surface area contributed by atoms with E-state index in [4.69, 9.17) is 5.73 Å². The van der Waals surface area contributed by atoms with Crippen LogP contribution in [0, 0.1) is 0 Å².